The van der Waals surface area contributed by atoms with E-state index in [2.05, 4.69) is 10.3 Å². The number of carbonyl (C=O) groups is 1. The van der Waals surface area contributed by atoms with Crippen LogP contribution in [-0.4, -0.2) is 27.8 Å². The largest absolute Gasteiger partial charge is 0.476 e. The Morgan fingerprint density at radius 3 is 2.56 bits per heavy atom. The first-order chi connectivity index (χ1) is 7.34. The van der Waals surface area contributed by atoms with Crippen molar-refractivity contribution >= 4 is 22.4 Å². The number of carboxylic acid groups (broad SMARTS) is 1. The summed E-state index contributed by atoms with van der Waals surface area (Å²) in [6.45, 7) is 0. The molecule has 1 saturated carbocycles. The third kappa shape index (κ3) is 1.84. The summed E-state index contributed by atoms with van der Waals surface area (Å²) in [5, 5.41) is 12.0. The standard InChI is InChI=1S/C8H7F3N2O2S/c9-8(10,11)7(1-2-7)13-6-12-4(3-16-6)5(14)15/h3H,1-2H2,(H,12,13)(H,14,15). The van der Waals surface area contributed by atoms with Gasteiger partial charge in [-0.05, 0) is 12.8 Å². The quantitative estimate of drug-likeness (QED) is 0.866. The number of anilines is 1. The number of alkyl halides is 3. The molecule has 1 aromatic heterocycles. The molecule has 1 aromatic rings. The van der Waals surface area contributed by atoms with Crippen LogP contribution >= 0.6 is 11.3 Å². The molecule has 0 atom stereocenters. The second-order valence-electron chi connectivity index (χ2n) is 3.55. The lowest BCUT2D eigenvalue weighted by atomic mass is 10.3. The molecule has 8 heteroatoms. The molecule has 0 saturated heterocycles. The molecular weight excluding hydrogens is 245 g/mol. The average Bonchev–Trinajstić information content (AvgIpc) is 2.76. The summed E-state index contributed by atoms with van der Waals surface area (Å²) in [6, 6.07) is 0. The van der Waals surface area contributed by atoms with Gasteiger partial charge in [-0.15, -0.1) is 11.3 Å². The Hall–Kier alpha value is -1.31. The van der Waals surface area contributed by atoms with Crippen LogP contribution in [0.1, 0.15) is 23.3 Å². The first-order valence-corrected chi connectivity index (χ1v) is 5.26. The Balaban J connectivity index is 2.13. The summed E-state index contributed by atoms with van der Waals surface area (Å²) >= 11 is 0.858. The third-order valence-electron chi connectivity index (χ3n) is 2.36. The molecule has 1 aliphatic rings. The van der Waals surface area contributed by atoms with Crippen LogP contribution in [0.2, 0.25) is 0 Å². The Morgan fingerprint density at radius 2 is 2.19 bits per heavy atom. The van der Waals surface area contributed by atoms with Gasteiger partial charge in [-0.3, -0.25) is 0 Å². The summed E-state index contributed by atoms with van der Waals surface area (Å²) in [5.74, 6) is -1.25. The number of hydrogen-bond donors (Lipinski definition) is 2. The molecule has 16 heavy (non-hydrogen) atoms. The van der Waals surface area contributed by atoms with Crippen LogP contribution < -0.4 is 5.32 Å². The van der Waals surface area contributed by atoms with Gasteiger partial charge in [-0.2, -0.15) is 13.2 Å². The number of nitrogens with zero attached hydrogens (tertiary/aromatic N) is 1. The van der Waals surface area contributed by atoms with Crippen molar-refractivity contribution in [3.05, 3.63) is 11.1 Å². The predicted molar refractivity (Wildman–Crippen MR) is 50.7 cm³/mol. The number of halogens is 3. The van der Waals surface area contributed by atoms with Crippen LogP contribution in [0.4, 0.5) is 18.3 Å². The lowest BCUT2D eigenvalue weighted by Crippen LogP contribution is -2.38. The van der Waals surface area contributed by atoms with Crippen molar-refractivity contribution in [2.45, 2.75) is 24.6 Å². The van der Waals surface area contributed by atoms with Crippen molar-refractivity contribution in [3.63, 3.8) is 0 Å². The number of rotatable bonds is 3. The van der Waals surface area contributed by atoms with Crippen LogP contribution in [0.5, 0.6) is 0 Å². The normalized spacial score (nSPS) is 18.2. The van der Waals surface area contributed by atoms with Gasteiger partial charge in [0.2, 0.25) is 0 Å². The molecule has 0 aromatic carbocycles. The van der Waals surface area contributed by atoms with E-state index in [0.29, 0.717) is 0 Å². The Kier molecular flexibility index (Phi) is 2.33. The van der Waals surface area contributed by atoms with Gasteiger partial charge in [0, 0.05) is 5.38 Å². The van der Waals surface area contributed by atoms with Crippen molar-refractivity contribution < 1.29 is 23.1 Å². The van der Waals surface area contributed by atoms with E-state index in [-0.39, 0.29) is 23.7 Å². The van der Waals surface area contributed by atoms with Crippen molar-refractivity contribution in [1.82, 2.24) is 4.98 Å². The zero-order valence-corrected chi connectivity index (χ0v) is 8.65. The van der Waals surface area contributed by atoms with Gasteiger partial charge < -0.3 is 10.4 Å². The van der Waals surface area contributed by atoms with E-state index >= 15 is 0 Å². The smallest absolute Gasteiger partial charge is 0.411 e. The zero-order chi connectivity index (χ0) is 12.0. The van der Waals surface area contributed by atoms with E-state index in [1.807, 2.05) is 0 Å². The predicted octanol–water partition coefficient (Wildman–Crippen LogP) is 2.35. The molecule has 2 rings (SSSR count). The number of aromatic nitrogens is 1. The minimum atomic E-state index is -4.33. The zero-order valence-electron chi connectivity index (χ0n) is 7.84. The van der Waals surface area contributed by atoms with Crippen LogP contribution in [-0.2, 0) is 0 Å². The summed E-state index contributed by atoms with van der Waals surface area (Å²) in [4.78, 5) is 14.0. The number of hydrogen-bond acceptors (Lipinski definition) is 4. The molecule has 0 radical (unpaired) electrons. The molecule has 4 nitrogen and oxygen atoms in total. The monoisotopic (exact) mass is 252 g/mol. The molecule has 1 aliphatic carbocycles. The number of aromatic carboxylic acids is 1. The first-order valence-electron chi connectivity index (χ1n) is 4.38. The summed E-state index contributed by atoms with van der Waals surface area (Å²) < 4.78 is 37.6. The molecule has 0 amide bonds. The van der Waals surface area contributed by atoms with Gasteiger partial charge in [0.15, 0.2) is 10.8 Å². The van der Waals surface area contributed by atoms with Crippen molar-refractivity contribution in [2.24, 2.45) is 0 Å². The second kappa shape index (κ2) is 3.34. The van der Waals surface area contributed by atoms with Crippen LogP contribution in [0.25, 0.3) is 0 Å². The molecule has 88 valence electrons. The van der Waals surface area contributed by atoms with E-state index in [4.69, 9.17) is 5.11 Å². The van der Waals surface area contributed by atoms with Crippen LogP contribution in [0.15, 0.2) is 5.38 Å². The Morgan fingerprint density at radius 1 is 1.56 bits per heavy atom. The molecule has 2 N–H and O–H groups in total. The number of carboxylic acids is 1. The van der Waals surface area contributed by atoms with E-state index in [9.17, 15) is 18.0 Å². The summed E-state index contributed by atoms with van der Waals surface area (Å²) in [5.41, 5.74) is -2.15. The minimum absolute atomic E-state index is 0.00150. The third-order valence-corrected chi connectivity index (χ3v) is 3.12. The van der Waals surface area contributed by atoms with Gasteiger partial charge in [0.05, 0.1) is 0 Å². The maximum atomic E-state index is 12.5. The van der Waals surface area contributed by atoms with E-state index < -0.39 is 17.7 Å². The van der Waals surface area contributed by atoms with E-state index in [1.165, 1.54) is 5.38 Å². The molecular formula is C8H7F3N2O2S. The van der Waals surface area contributed by atoms with Gasteiger partial charge in [-0.1, -0.05) is 0 Å². The van der Waals surface area contributed by atoms with Gasteiger partial charge >= 0.3 is 12.1 Å². The maximum absolute atomic E-state index is 12.5. The number of nitrogens with one attached hydrogen (secondary N) is 1. The Bertz CT molecular complexity index is 425. The van der Waals surface area contributed by atoms with Gasteiger partial charge in [-0.25, -0.2) is 9.78 Å². The molecule has 0 aliphatic heterocycles. The summed E-state index contributed by atoms with van der Waals surface area (Å²) in [6.07, 6.45) is -4.33. The fourth-order valence-corrected chi connectivity index (χ4v) is 2.02. The highest BCUT2D eigenvalue weighted by molar-refractivity contribution is 7.13. The molecule has 1 fully saturated rings. The highest BCUT2D eigenvalue weighted by Crippen LogP contribution is 2.51. The van der Waals surface area contributed by atoms with Gasteiger partial charge in [0.1, 0.15) is 5.54 Å². The summed E-state index contributed by atoms with van der Waals surface area (Å²) in [7, 11) is 0. The highest BCUT2D eigenvalue weighted by Gasteiger charge is 2.63. The number of thiazole rings is 1. The molecule has 1 heterocycles. The SMILES string of the molecule is O=C(O)c1csc(NC2(C(F)(F)F)CC2)n1. The molecule has 0 bridgehead atoms. The maximum Gasteiger partial charge on any atom is 0.411 e. The molecule has 0 unspecified atom stereocenters. The van der Waals surface area contributed by atoms with Crippen molar-refractivity contribution in [2.75, 3.05) is 5.32 Å². The van der Waals surface area contributed by atoms with E-state index in [0.717, 1.165) is 11.3 Å². The lowest BCUT2D eigenvalue weighted by molar-refractivity contribution is -0.151. The van der Waals surface area contributed by atoms with Crippen LogP contribution in [0, 0.1) is 0 Å². The average molecular weight is 252 g/mol. The van der Waals surface area contributed by atoms with Crippen molar-refractivity contribution in [3.8, 4) is 0 Å². The van der Waals surface area contributed by atoms with Gasteiger partial charge in [0.25, 0.3) is 0 Å². The second-order valence-corrected chi connectivity index (χ2v) is 4.41. The Labute approximate surface area is 92.1 Å². The fraction of sp³-hybridized carbons (Fsp3) is 0.500. The molecule has 0 spiro atoms. The van der Waals surface area contributed by atoms with Crippen molar-refractivity contribution in [1.29, 1.82) is 0 Å². The van der Waals surface area contributed by atoms with Crippen LogP contribution in [0.3, 0.4) is 0 Å². The highest BCUT2D eigenvalue weighted by atomic mass is 32.1. The minimum Gasteiger partial charge on any atom is -0.476 e. The van der Waals surface area contributed by atoms with E-state index in [1.54, 1.807) is 0 Å². The lowest BCUT2D eigenvalue weighted by Gasteiger charge is -2.19. The fourth-order valence-electron chi connectivity index (χ4n) is 1.24. The first kappa shape index (κ1) is 11.2. The topological polar surface area (TPSA) is 62.2 Å².